The van der Waals surface area contributed by atoms with Crippen molar-refractivity contribution >= 4 is 11.8 Å². The van der Waals surface area contributed by atoms with Crippen LogP contribution in [0.1, 0.15) is 24.2 Å². The number of amides is 2. The number of furan rings is 1. The first-order chi connectivity index (χ1) is 14.2. The highest BCUT2D eigenvalue weighted by Crippen LogP contribution is 2.16. The summed E-state index contributed by atoms with van der Waals surface area (Å²) in [6.45, 7) is 5.65. The molecule has 1 aromatic heterocycles. The number of nitrogens with zero attached hydrogens (tertiary/aromatic N) is 2. The van der Waals surface area contributed by atoms with E-state index < -0.39 is 0 Å². The summed E-state index contributed by atoms with van der Waals surface area (Å²) in [7, 11) is 0. The molecule has 2 heterocycles. The molecule has 1 aromatic carbocycles. The van der Waals surface area contributed by atoms with Crippen LogP contribution in [0.4, 0.5) is 0 Å². The van der Waals surface area contributed by atoms with Crippen LogP contribution in [-0.4, -0.2) is 54.0 Å². The second-order valence-electron chi connectivity index (χ2n) is 7.21. The zero-order valence-electron chi connectivity index (χ0n) is 16.7. The van der Waals surface area contributed by atoms with E-state index in [4.69, 9.17) is 9.15 Å². The first-order valence-electron chi connectivity index (χ1n) is 10.00. The van der Waals surface area contributed by atoms with Crippen molar-refractivity contribution in [2.75, 3.05) is 26.2 Å². The van der Waals surface area contributed by atoms with Crippen LogP contribution in [0.5, 0.6) is 0 Å². The minimum Gasteiger partial charge on any atom is -0.467 e. The van der Waals surface area contributed by atoms with Gasteiger partial charge in [-0.05, 0) is 30.5 Å². The summed E-state index contributed by atoms with van der Waals surface area (Å²) >= 11 is 0. The Bertz CT molecular complexity index is 782. The first-order valence-corrected chi connectivity index (χ1v) is 10.00. The van der Waals surface area contributed by atoms with Crippen LogP contribution in [0, 0.1) is 0 Å². The maximum Gasteiger partial charge on any atom is 0.242 e. The summed E-state index contributed by atoms with van der Waals surface area (Å²) in [5.41, 5.74) is 0.922. The molecule has 1 saturated heterocycles. The molecule has 154 valence electrons. The van der Waals surface area contributed by atoms with Crippen molar-refractivity contribution in [3.63, 3.8) is 0 Å². The van der Waals surface area contributed by atoms with Crippen molar-refractivity contribution in [2.24, 2.45) is 0 Å². The monoisotopic (exact) mass is 396 g/mol. The molecule has 1 fully saturated rings. The van der Waals surface area contributed by atoms with Gasteiger partial charge in [-0.25, -0.2) is 0 Å². The van der Waals surface area contributed by atoms with E-state index in [1.54, 1.807) is 28.2 Å². The third kappa shape index (κ3) is 6.32. The maximum absolute atomic E-state index is 13.1. The van der Waals surface area contributed by atoms with Gasteiger partial charge in [0.1, 0.15) is 12.3 Å². The summed E-state index contributed by atoms with van der Waals surface area (Å²) in [5.74, 6) is 0.488. The van der Waals surface area contributed by atoms with E-state index in [0.29, 0.717) is 25.4 Å². The number of carbonyl (C=O) groups is 2. The molecule has 0 aliphatic carbocycles. The minimum atomic E-state index is -0.125. The normalized spacial score (nSPS) is 15.8. The Morgan fingerprint density at radius 3 is 2.59 bits per heavy atom. The zero-order chi connectivity index (χ0) is 20.5. The second kappa shape index (κ2) is 10.6. The fourth-order valence-electron chi connectivity index (χ4n) is 3.44. The molecule has 2 amide bonds. The van der Waals surface area contributed by atoms with E-state index in [9.17, 15) is 9.59 Å². The quantitative estimate of drug-likeness (QED) is 0.579. The Morgan fingerprint density at radius 2 is 1.93 bits per heavy atom. The van der Waals surface area contributed by atoms with Crippen molar-refractivity contribution in [1.29, 1.82) is 0 Å². The molecular formula is C23H28N2O4. The van der Waals surface area contributed by atoms with Gasteiger partial charge in [-0.15, -0.1) is 6.58 Å². The van der Waals surface area contributed by atoms with Gasteiger partial charge in [0.05, 0.1) is 25.3 Å². The van der Waals surface area contributed by atoms with Gasteiger partial charge in [-0.1, -0.05) is 36.4 Å². The van der Waals surface area contributed by atoms with Gasteiger partial charge in [-0.3, -0.25) is 9.59 Å². The molecule has 29 heavy (non-hydrogen) atoms. The van der Waals surface area contributed by atoms with E-state index in [2.05, 4.69) is 6.58 Å². The standard InChI is InChI=1S/C23H28N2O4/c1-2-12-24(22(26)15-19-8-4-3-5-9-19)18-23(27)25(16-20-10-6-13-28-20)17-21-11-7-14-29-21/h2-6,8-10,13,21H,1,7,11-12,14-18H2. The maximum atomic E-state index is 13.1. The third-order valence-electron chi connectivity index (χ3n) is 4.95. The molecule has 0 radical (unpaired) electrons. The fraction of sp³-hybridized carbons (Fsp3) is 0.391. The van der Waals surface area contributed by atoms with Crippen molar-refractivity contribution < 1.29 is 18.7 Å². The highest BCUT2D eigenvalue weighted by Gasteiger charge is 2.26. The molecule has 0 N–H and O–H groups in total. The van der Waals surface area contributed by atoms with E-state index in [1.165, 1.54) is 0 Å². The van der Waals surface area contributed by atoms with Gasteiger partial charge in [-0.2, -0.15) is 0 Å². The molecule has 0 spiro atoms. The number of carbonyl (C=O) groups excluding carboxylic acids is 2. The van der Waals surface area contributed by atoms with Crippen LogP contribution >= 0.6 is 0 Å². The van der Waals surface area contributed by atoms with Crippen LogP contribution in [0.3, 0.4) is 0 Å². The molecule has 3 rings (SSSR count). The number of ether oxygens (including phenoxy) is 1. The largest absolute Gasteiger partial charge is 0.467 e. The van der Waals surface area contributed by atoms with Gasteiger partial charge in [0.15, 0.2) is 0 Å². The Labute approximate surface area is 171 Å². The van der Waals surface area contributed by atoms with E-state index >= 15 is 0 Å². The predicted molar refractivity (Wildman–Crippen MR) is 110 cm³/mol. The minimum absolute atomic E-state index is 0.00507. The number of rotatable bonds is 10. The molecule has 6 heteroatoms. The van der Waals surface area contributed by atoms with Gasteiger partial charge < -0.3 is 19.0 Å². The first kappa shape index (κ1) is 20.9. The molecule has 1 atom stereocenters. The molecule has 1 aliphatic heterocycles. The lowest BCUT2D eigenvalue weighted by Gasteiger charge is -2.28. The average molecular weight is 396 g/mol. The van der Waals surface area contributed by atoms with Crippen molar-refractivity contribution in [3.8, 4) is 0 Å². The van der Waals surface area contributed by atoms with E-state index in [-0.39, 0.29) is 30.9 Å². The lowest BCUT2D eigenvalue weighted by molar-refractivity contribution is -0.141. The van der Waals surface area contributed by atoms with Crippen LogP contribution < -0.4 is 0 Å². The van der Waals surface area contributed by atoms with Crippen molar-refractivity contribution in [2.45, 2.75) is 31.9 Å². The lowest BCUT2D eigenvalue weighted by Crippen LogP contribution is -2.45. The average Bonchev–Trinajstić information content (AvgIpc) is 3.42. The highest BCUT2D eigenvalue weighted by atomic mass is 16.5. The zero-order valence-corrected chi connectivity index (χ0v) is 16.7. The van der Waals surface area contributed by atoms with E-state index in [1.807, 2.05) is 36.4 Å². The smallest absolute Gasteiger partial charge is 0.242 e. The summed E-state index contributed by atoms with van der Waals surface area (Å²) in [4.78, 5) is 29.2. The van der Waals surface area contributed by atoms with Crippen LogP contribution in [0.15, 0.2) is 65.8 Å². The second-order valence-corrected chi connectivity index (χ2v) is 7.21. The Kier molecular flexibility index (Phi) is 7.64. The lowest BCUT2D eigenvalue weighted by atomic mass is 10.1. The summed E-state index contributed by atoms with van der Waals surface area (Å²) < 4.78 is 11.1. The molecule has 0 saturated carbocycles. The van der Waals surface area contributed by atoms with Gasteiger partial charge in [0, 0.05) is 19.7 Å². The highest BCUT2D eigenvalue weighted by molar-refractivity contribution is 5.86. The predicted octanol–water partition coefficient (Wildman–Crippen LogP) is 3.04. The fourth-order valence-corrected chi connectivity index (χ4v) is 3.44. The van der Waals surface area contributed by atoms with E-state index in [0.717, 1.165) is 25.0 Å². The molecule has 2 aromatic rings. The molecule has 6 nitrogen and oxygen atoms in total. The van der Waals surface area contributed by atoms with Crippen LogP contribution in [0.2, 0.25) is 0 Å². The molecule has 0 bridgehead atoms. The third-order valence-corrected chi connectivity index (χ3v) is 4.95. The molecule has 1 unspecified atom stereocenters. The van der Waals surface area contributed by atoms with Crippen molar-refractivity contribution in [1.82, 2.24) is 9.80 Å². The topological polar surface area (TPSA) is 63.0 Å². The van der Waals surface area contributed by atoms with Gasteiger partial charge in [0.2, 0.25) is 11.8 Å². The van der Waals surface area contributed by atoms with Gasteiger partial charge >= 0.3 is 0 Å². The summed E-state index contributed by atoms with van der Waals surface area (Å²) in [6, 6.07) is 13.2. The number of hydrogen-bond acceptors (Lipinski definition) is 4. The summed E-state index contributed by atoms with van der Waals surface area (Å²) in [6.07, 6.45) is 5.47. The number of benzene rings is 1. The summed E-state index contributed by atoms with van der Waals surface area (Å²) in [5, 5.41) is 0. The Hall–Kier alpha value is -2.86. The SMILES string of the molecule is C=CCN(CC(=O)N(Cc1ccco1)CC1CCCO1)C(=O)Cc1ccccc1. The molecule has 1 aliphatic rings. The Balaban J connectivity index is 1.66. The van der Waals surface area contributed by atoms with Gasteiger partial charge in [0.25, 0.3) is 0 Å². The number of hydrogen-bond donors (Lipinski definition) is 0. The molecular weight excluding hydrogens is 368 g/mol. The van der Waals surface area contributed by atoms with Crippen molar-refractivity contribution in [3.05, 3.63) is 72.7 Å². The van der Waals surface area contributed by atoms with Crippen LogP contribution in [-0.2, 0) is 27.3 Å². The van der Waals surface area contributed by atoms with Crippen LogP contribution in [0.25, 0.3) is 0 Å². The Morgan fingerprint density at radius 1 is 1.10 bits per heavy atom.